The van der Waals surface area contributed by atoms with Gasteiger partial charge in [0.1, 0.15) is 11.7 Å². The molecule has 160 valence electrons. The maximum atomic E-state index is 12.8. The highest BCUT2D eigenvalue weighted by Gasteiger charge is 2.24. The number of aromatic amines is 1. The van der Waals surface area contributed by atoms with Crippen molar-refractivity contribution in [1.29, 1.82) is 0 Å². The molecule has 7 nitrogen and oxygen atoms in total. The lowest BCUT2D eigenvalue weighted by Crippen LogP contribution is -2.48. The van der Waals surface area contributed by atoms with Crippen molar-refractivity contribution >= 4 is 50.2 Å². The lowest BCUT2D eigenvalue weighted by molar-refractivity contribution is -0.122. The van der Waals surface area contributed by atoms with E-state index in [-0.39, 0.29) is 18.7 Å². The number of nitrogens with one attached hydrogen (secondary N) is 3. The zero-order valence-corrected chi connectivity index (χ0v) is 18.6. The number of H-pyrrole nitrogens is 1. The lowest BCUT2D eigenvalue weighted by Gasteiger charge is -2.19. The molecule has 2 aromatic heterocycles. The number of nitrogens with zero attached hydrogens (tertiary/aromatic N) is 1. The van der Waals surface area contributed by atoms with E-state index in [1.54, 1.807) is 37.5 Å². The van der Waals surface area contributed by atoms with Gasteiger partial charge in [-0.3, -0.25) is 4.79 Å². The van der Waals surface area contributed by atoms with Gasteiger partial charge in [-0.2, -0.15) is 0 Å². The summed E-state index contributed by atoms with van der Waals surface area (Å²) in [5.74, 6) is -0.499. The van der Waals surface area contributed by atoms with Gasteiger partial charge in [-0.1, -0.05) is 36.2 Å². The minimum absolute atomic E-state index is 0.0633. The van der Waals surface area contributed by atoms with Crippen molar-refractivity contribution in [2.24, 2.45) is 0 Å². The molecule has 0 aliphatic heterocycles. The summed E-state index contributed by atoms with van der Waals surface area (Å²) in [6, 6.07) is 7.78. The van der Waals surface area contributed by atoms with Crippen LogP contribution in [0.25, 0.3) is 11.0 Å². The molecule has 0 aliphatic rings. The number of hydrogen-bond donors (Lipinski definition) is 3. The van der Waals surface area contributed by atoms with Crippen LogP contribution in [0.3, 0.4) is 0 Å². The molecular weight excluding hydrogens is 447 g/mol. The van der Waals surface area contributed by atoms with Crippen LogP contribution in [0.5, 0.6) is 0 Å². The van der Waals surface area contributed by atoms with Gasteiger partial charge in [0.05, 0.1) is 15.8 Å². The molecule has 1 amide bonds. The first-order valence-electron chi connectivity index (χ1n) is 9.41. The number of hydrogen-bond acceptors (Lipinski definition) is 4. The number of halogens is 2. The van der Waals surface area contributed by atoms with E-state index in [2.05, 4.69) is 20.0 Å². The summed E-state index contributed by atoms with van der Waals surface area (Å²) >= 11 is 12.0. The Morgan fingerprint density at radius 1 is 1.17 bits per heavy atom. The molecule has 3 N–H and O–H groups in total. The molecule has 0 saturated heterocycles. The Hall–Kier alpha value is -2.13. The molecule has 10 heteroatoms. The van der Waals surface area contributed by atoms with Gasteiger partial charge in [-0.05, 0) is 48.2 Å². The molecule has 0 radical (unpaired) electrons. The zero-order valence-electron chi connectivity index (χ0n) is 16.3. The van der Waals surface area contributed by atoms with E-state index in [1.165, 1.54) is 0 Å². The van der Waals surface area contributed by atoms with Crippen LogP contribution < -0.4 is 10.0 Å². The van der Waals surface area contributed by atoms with Crippen LogP contribution in [0, 0.1) is 0 Å². The normalized spacial score (nSPS) is 12.8. The molecule has 1 aromatic carbocycles. The predicted molar refractivity (Wildman–Crippen MR) is 119 cm³/mol. The van der Waals surface area contributed by atoms with Crippen molar-refractivity contribution in [3.8, 4) is 0 Å². The highest BCUT2D eigenvalue weighted by molar-refractivity contribution is 7.89. The lowest BCUT2D eigenvalue weighted by atomic mass is 10.1. The van der Waals surface area contributed by atoms with Crippen LogP contribution in [0.15, 0.2) is 42.7 Å². The number of benzene rings is 1. The molecular formula is C20H22Cl2N4O3S. The van der Waals surface area contributed by atoms with E-state index in [9.17, 15) is 13.2 Å². The smallest absolute Gasteiger partial charge is 0.238 e. The number of rotatable bonds is 9. The first-order chi connectivity index (χ1) is 14.3. The molecule has 3 aromatic rings. The van der Waals surface area contributed by atoms with E-state index in [4.69, 9.17) is 23.2 Å². The standard InChI is InChI=1S/C20H22Cl2N4O3S/c1-2-7-30(28,29)26-18(10-13-3-4-16(21)17(22)9-13)20(27)25-12-14-8-15-5-6-23-19(15)24-11-14/h3-6,8-9,11,18,26H,2,7,10,12H2,1H3,(H,23,24)(H,25,27)/t18-/m0/s1. The molecule has 0 saturated carbocycles. The minimum atomic E-state index is -3.60. The van der Waals surface area contributed by atoms with Gasteiger partial charge in [0.15, 0.2) is 0 Å². The second kappa shape index (κ2) is 9.78. The monoisotopic (exact) mass is 468 g/mol. The number of aromatic nitrogens is 2. The quantitative estimate of drug-likeness (QED) is 0.447. The molecule has 0 bridgehead atoms. The van der Waals surface area contributed by atoms with Gasteiger partial charge < -0.3 is 10.3 Å². The summed E-state index contributed by atoms with van der Waals surface area (Å²) in [4.78, 5) is 20.1. The zero-order chi connectivity index (χ0) is 21.7. The molecule has 0 spiro atoms. The highest BCUT2D eigenvalue weighted by Crippen LogP contribution is 2.23. The van der Waals surface area contributed by atoms with Crippen LogP contribution in [0.2, 0.25) is 10.0 Å². The number of pyridine rings is 1. The van der Waals surface area contributed by atoms with E-state index in [0.717, 1.165) is 16.6 Å². The molecule has 3 rings (SSSR count). The van der Waals surface area contributed by atoms with Crippen molar-refractivity contribution in [2.45, 2.75) is 32.4 Å². The first-order valence-corrected chi connectivity index (χ1v) is 11.8. The SMILES string of the molecule is CCCS(=O)(=O)N[C@@H](Cc1ccc(Cl)c(Cl)c1)C(=O)NCc1cnc2[nH]ccc2c1. The van der Waals surface area contributed by atoms with E-state index >= 15 is 0 Å². The average Bonchev–Trinajstić information content (AvgIpc) is 3.16. The average molecular weight is 469 g/mol. The largest absolute Gasteiger partial charge is 0.351 e. The number of carbonyl (C=O) groups excluding carboxylic acids is 1. The Labute approximate surface area is 185 Å². The molecule has 0 unspecified atom stereocenters. The van der Waals surface area contributed by atoms with Crippen LogP contribution in [-0.2, 0) is 27.8 Å². The fourth-order valence-corrected chi connectivity index (χ4v) is 4.63. The number of amides is 1. The maximum Gasteiger partial charge on any atom is 0.238 e. The Morgan fingerprint density at radius 3 is 2.70 bits per heavy atom. The van der Waals surface area contributed by atoms with Gasteiger partial charge in [-0.15, -0.1) is 0 Å². The molecule has 0 aliphatic carbocycles. The fraction of sp³-hybridized carbons (Fsp3) is 0.300. The van der Waals surface area contributed by atoms with Gasteiger partial charge in [-0.25, -0.2) is 18.1 Å². The Kier molecular flexibility index (Phi) is 7.36. The summed E-state index contributed by atoms with van der Waals surface area (Å²) in [7, 11) is -3.60. The Bertz CT molecular complexity index is 1150. The third-order valence-electron chi connectivity index (χ3n) is 4.46. The van der Waals surface area contributed by atoms with Crippen molar-refractivity contribution in [1.82, 2.24) is 20.0 Å². The summed E-state index contributed by atoms with van der Waals surface area (Å²) in [6.07, 6.45) is 4.03. The first kappa shape index (κ1) is 22.6. The van der Waals surface area contributed by atoms with Gasteiger partial charge in [0.25, 0.3) is 0 Å². The number of fused-ring (bicyclic) bond motifs is 1. The maximum absolute atomic E-state index is 12.8. The van der Waals surface area contributed by atoms with Crippen LogP contribution in [-0.4, -0.2) is 36.1 Å². The summed E-state index contributed by atoms with van der Waals surface area (Å²) in [5, 5.41) is 4.45. The summed E-state index contributed by atoms with van der Waals surface area (Å²) in [6.45, 7) is 1.98. The van der Waals surface area contributed by atoms with E-state index < -0.39 is 22.0 Å². The highest BCUT2D eigenvalue weighted by atomic mass is 35.5. The molecule has 0 fully saturated rings. The van der Waals surface area contributed by atoms with E-state index in [1.807, 2.05) is 12.1 Å². The Balaban J connectivity index is 1.74. The van der Waals surface area contributed by atoms with Crippen LogP contribution in [0.1, 0.15) is 24.5 Å². The van der Waals surface area contributed by atoms with Crippen molar-refractivity contribution in [2.75, 3.05) is 5.75 Å². The van der Waals surface area contributed by atoms with Gasteiger partial charge in [0.2, 0.25) is 15.9 Å². The van der Waals surface area contributed by atoms with Gasteiger partial charge in [0, 0.05) is 24.3 Å². The van der Waals surface area contributed by atoms with Crippen molar-refractivity contribution in [3.63, 3.8) is 0 Å². The number of sulfonamides is 1. The molecule has 1 atom stereocenters. The fourth-order valence-electron chi connectivity index (χ4n) is 3.03. The van der Waals surface area contributed by atoms with E-state index in [0.29, 0.717) is 22.0 Å². The van der Waals surface area contributed by atoms with Gasteiger partial charge >= 0.3 is 0 Å². The minimum Gasteiger partial charge on any atom is -0.351 e. The third kappa shape index (κ3) is 5.95. The van der Waals surface area contributed by atoms with Crippen LogP contribution >= 0.6 is 23.2 Å². The van der Waals surface area contributed by atoms with Crippen LogP contribution in [0.4, 0.5) is 0 Å². The molecule has 2 heterocycles. The van der Waals surface area contributed by atoms with Crippen molar-refractivity contribution in [3.05, 3.63) is 63.9 Å². The second-order valence-corrected chi connectivity index (χ2v) is 9.61. The summed E-state index contributed by atoms with van der Waals surface area (Å²) < 4.78 is 27.1. The summed E-state index contributed by atoms with van der Waals surface area (Å²) in [5.41, 5.74) is 2.26. The Morgan fingerprint density at radius 2 is 1.97 bits per heavy atom. The second-order valence-electron chi connectivity index (χ2n) is 6.92. The topological polar surface area (TPSA) is 104 Å². The number of carbonyl (C=O) groups is 1. The van der Waals surface area contributed by atoms with Crippen molar-refractivity contribution < 1.29 is 13.2 Å². The third-order valence-corrected chi connectivity index (χ3v) is 6.79. The molecule has 30 heavy (non-hydrogen) atoms. The predicted octanol–water partition coefficient (Wildman–Crippen LogP) is 3.43.